The molecule has 0 saturated heterocycles. The Morgan fingerprint density at radius 2 is 1.52 bits per heavy atom. The number of carbonyl (C=O) groups excluding carboxylic acids is 2. The Hall–Kier alpha value is -2.04. The Bertz CT molecular complexity index is 671. The molecule has 0 aliphatic heterocycles. The van der Waals surface area contributed by atoms with Gasteiger partial charge in [0.25, 0.3) is 0 Å². The van der Waals surface area contributed by atoms with Crippen LogP contribution in [0.5, 0.6) is 0 Å². The van der Waals surface area contributed by atoms with E-state index in [4.69, 9.17) is 29.4 Å². The molecule has 0 radical (unpaired) electrons. The highest BCUT2D eigenvalue weighted by atomic mass is 32.2. The van der Waals surface area contributed by atoms with E-state index in [-0.39, 0.29) is 15.4 Å². The van der Waals surface area contributed by atoms with Crippen molar-refractivity contribution in [3.05, 3.63) is 29.8 Å². The lowest BCUT2D eigenvalue weighted by molar-refractivity contribution is -0.120. The molecule has 1 aromatic carbocycles. The number of carbonyl (C=O) groups is 2. The van der Waals surface area contributed by atoms with Gasteiger partial charge in [-0.25, -0.2) is 8.42 Å². The van der Waals surface area contributed by atoms with Crippen molar-refractivity contribution >= 4 is 39.0 Å². The highest BCUT2D eigenvalue weighted by Gasteiger charge is 2.29. The molecule has 1 rings (SSSR count). The van der Waals surface area contributed by atoms with Gasteiger partial charge in [0.2, 0.25) is 21.8 Å². The molecule has 0 spiro atoms. The fourth-order valence-electron chi connectivity index (χ4n) is 1.61. The number of rotatable bonds is 7. The molecule has 1 aromatic rings. The number of nitrogens with zero attached hydrogens (tertiary/aromatic N) is 1. The van der Waals surface area contributed by atoms with Crippen molar-refractivity contribution in [2.75, 3.05) is 13.1 Å². The molecular formula is C11H14N4O4S2. The first kappa shape index (κ1) is 17.0. The third-order valence-corrected chi connectivity index (χ3v) is 4.50. The Morgan fingerprint density at radius 3 is 1.95 bits per heavy atom. The zero-order chi connectivity index (χ0) is 16.2. The third kappa shape index (κ3) is 4.21. The molecule has 6 N–H and O–H groups in total. The first-order chi connectivity index (χ1) is 9.66. The summed E-state index contributed by atoms with van der Waals surface area (Å²) in [5.74, 6) is -1.85. The van der Waals surface area contributed by atoms with Crippen molar-refractivity contribution < 1.29 is 18.0 Å². The minimum absolute atomic E-state index is 0.103. The predicted octanol–water partition coefficient (Wildman–Crippen LogP) is -1.72. The van der Waals surface area contributed by atoms with Crippen molar-refractivity contribution in [1.29, 1.82) is 0 Å². The van der Waals surface area contributed by atoms with Crippen molar-refractivity contribution in [1.82, 2.24) is 4.31 Å². The summed E-state index contributed by atoms with van der Waals surface area (Å²) in [4.78, 5) is 21.6. The molecule has 0 atom stereocenters. The molecule has 0 saturated carbocycles. The van der Waals surface area contributed by atoms with Crippen LogP contribution in [0.4, 0.5) is 0 Å². The lowest BCUT2D eigenvalue weighted by atomic mass is 10.2. The molecule has 0 heterocycles. The maximum absolute atomic E-state index is 12.5. The van der Waals surface area contributed by atoms with E-state index in [1.807, 2.05) is 0 Å². The van der Waals surface area contributed by atoms with Crippen LogP contribution in [-0.4, -0.2) is 42.6 Å². The Balaban J connectivity index is 3.38. The molecule has 114 valence electrons. The average Bonchev–Trinajstić information content (AvgIpc) is 2.36. The zero-order valence-corrected chi connectivity index (χ0v) is 12.5. The molecule has 8 nitrogen and oxygen atoms in total. The summed E-state index contributed by atoms with van der Waals surface area (Å²) in [6.45, 7) is -1.37. The number of nitrogens with two attached hydrogens (primary N) is 3. The van der Waals surface area contributed by atoms with Crippen molar-refractivity contribution in [2.24, 2.45) is 17.2 Å². The highest BCUT2D eigenvalue weighted by molar-refractivity contribution is 7.89. The van der Waals surface area contributed by atoms with E-state index in [1.165, 1.54) is 18.2 Å². The summed E-state index contributed by atoms with van der Waals surface area (Å²) in [5, 5.41) is 0. The normalized spacial score (nSPS) is 11.3. The summed E-state index contributed by atoms with van der Waals surface area (Å²) < 4.78 is 25.6. The van der Waals surface area contributed by atoms with Gasteiger partial charge in [-0.3, -0.25) is 9.59 Å². The second-order valence-electron chi connectivity index (χ2n) is 4.07. The number of hydrogen-bond donors (Lipinski definition) is 3. The van der Waals surface area contributed by atoms with Crippen LogP contribution in [0.25, 0.3) is 0 Å². The minimum Gasteiger partial charge on any atom is -0.389 e. The molecule has 0 aromatic heterocycles. The third-order valence-electron chi connectivity index (χ3n) is 2.43. The summed E-state index contributed by atoms with van der Waals surface area (Å²) >= 11 is 4.79. The molecule has 0 fully saturated rings. The monoisotopic (exact) mass is 330 g/mol. The second-order valence-corrected chi connectivity index (χ2v) is 6.41. The van der Waals surface area contributed by atoms with Crippen LogP contribution in [0.1, 0.15) is 5.56 Å². The average molecular weight is 330 g/mol. The molecule has 0 aliphatic carbocycles. The van der Waals surface area contributed by atoms with Gasteiger partial charge < -0.3 is 17.2 Å². The van der Waals surface area contributed by atoms with Gasteiger partial charge in [-0.05, 0) is 6.07 Å². The van der Waals surface area contributed by atoms with Crippen LogP contribution < -0.4 is 17.2 Å². The number of primary amides is 2. The van der Waals surface area contributed by atoms with E-state index in [2.05, 4.69) is 0 Å². The lowest BCUT2D eigenvalue weighted by Gasteiger charge is -2.20. The standard InChI is InChI=1S/C11H14N4O4S2/c12-9(16)5-15(6-10(13)17)21(18,19)8-4-2-1-3-7(8)11(14)20/h1-4H,5-6H2,(H2,12,16)(H2,13,17)(H2,14,20). The summed E-state index contributed by atoms with van der Waals surface area (Å²) in [5.41, 5.74) is 15.6. The van der Waals surface area contributed by atoms with E-state index < -0.39 is 34.9 Å². The summed E-state index contributed by atoms with van der Waals surface area (Å²) in [6, 6.07) is 5.70. The minimum atomic E-state index is -4.20. The molecule has 0 unspecified atom stereocenters. The number of benzene rings is 1. The van der Waals surface area contributed by atoms with Crippen LogP contribution in [-0.2, 0) is 19.6 Å². The lowest BCUT2D eigenvalue weighted by Crippen LogP contribution is -2.43. The van der Waals surface area contributed by atoms with E-state index in [0.717, 1.165) is 0 Å². The number of amides is 2. The second kappa shape index (κ2) is 6.61. The summed E-state index contributed by atoms with van der Waals surface area (Å²) in [7, 11) is -4.20. The van der Waals surface area contributed by atoms with Gasteiger partial charge >= 0.3 is 0 Å². The Kier molecular flexibility index (Phi) is 5.35. The van der Waals surface area contributed by atoms with Crippen molar-refractivity contribution in [3.63, 3.8) is 0 Å². The van der Waals surface area contributed by atoms with Gasteiger partial charge in [-0.2, -0.15) is 4.31 Å². The van der Waals surface area contributed by atoms with Crippen LogP contribution in [0.15, 0.2) is 29.2 Å². The Labute approximate surface area is 126 Å². The molecule has 21 heavy (non-hydrogen) atoms. The fourth-order valence-corrected chi connectivity index (χ4v) is 3.43. The van der Waals surface area contributed by atoms with Crippen molar-refractivity contribution in [2.45, 2.75) is 4.90 Å². The largest absolute Gasteiger partial charge is 0.389 e. The number of thiocarbonyl (C=S) groups is 1. The van der Waals surface area contributed by atoms with Crippen LogP contribution in [0.3, 0.4) is 0 Å². The van der Waals surface area contributed by atoms with Gasteiger partial charge in [-0.15, -0.1) is 0 Å². The van der Waals surface area contributed by atoms with E-state index in [0.29, 0.717) is 4.31 Å². The van der Waals surface area contributed by atoms with E-state index in [9.17, 15) is 18.0 Å². The van der Waals surface area contributed by atoms with Crippen LogP contribution in [0, 0.1) is 0 Å². The topological polar surface area (TPSA) is 150 Å². The van der Waals surface area contributed by atoms with Crippen LogP contribution in [0.2, 0.25) is 0 Å². The number of hydrogen-bond acceptors (Lipinski definition) is 5. The number of sulfonamides is 1. The maximum Gasteiger partial charge on any atom is 0.244 e. The van der Waals surface area contributed by atoms with Gasteiger partial charge in [0.1, 0.15) is 4.99 Å². The first-order valence-electron chi connectivity index (χ1n) is 5.62. The smallest absolute Gasteiger partial charge is 0.244 e. The SMILES string of the molecule is NC(=O)CN(CC(N)=O)S(=O)(=O)c1ccccc1C(N)=S. The van der Waals surface area contributed by atoms with Crippen molar-refractivity contribution in [3.8, 4) is 0 Å². The van der Waals surface area contributed by atoms with Gasteiger partial charge in [-0.1, -0.05) is 30.4 Å². The highest BCUT2D eigenvalue weighted by Crippen LogP contribution is 2.20. The first-order valence-corrected chi connectivity index (χ1v) is 7.46. The molecule has 0 bridgehead atoms. The van der Waals surface area contributed by atoms with Gasteiger partial charge in [0.05, 0.1) is 18.0 Å². The molecule has 10 heteroatoms. The molecule has 0 aliphatic rings. The maximum atomic E-state index is 12.5. The predicted molar refractivity (Wildman–Crippen MR) is 79.5 cm³/mol. The molecule has 2 amide bonds. The Morgan fingerprint density at radius 1 is 1.05 bits per heavy atom. The van der Waals surface area contributed by atoms with E-state index >= 15 is 0 Å². The van der Waals surface area contributed by atoms with Crippen LogP contribution >= 0.6 is 12.2 Å². The summed E-state index contributed by atoms with van der Waals surface area (Å²) in [6.07, 6.45) is 0. The van der Waals surface area contributed by atoms with Gasteiger partial charge in [0.15, 0.2) is 0 Å². The zero-order valence-electron chi connectivity index (χ0n) is 10.9. The van der Waals surface area contributed by atoms with Gasteiger partial charge in [0, 0.05) is 5.56 Å². The molecular weight excluding hydrogens is 316 g/mol. The van der Waals surface area contributed by atoms with E-state index in [1.54, 1.807) is 6.07 Å². The quantitative estimate of drug-likeness (QED) is 0.506. The fraction of sp³-hybridized carbons (Fsp3) is 0.182.